The highest BCUT2D eigenvalue weighted by Crippen LogP contribution is 2.14. The lowest BCUT2D eigenvalue weighted by molar-refractivity contribution is 0.0527. The number of urea groups is 1. The quantitative estimate of drug-likeness (QED) is 0.601. The topological polar surface area (TPSA) is 108 Å². The van der Waals surface area contributed by atoms with Crippen LogP contribution in [0, 0.1) is 0 Å². The lowest BCUT2D eigenvalue weighted by Gasteiger charge is -2.19. The number of rotatable bonds is 6. The molecular weight excluding hydrogens is 322 g/mol. The minimum atomic E-state index is -0.514. The molecule has 0 aliphatic rings. The molecule has 0 spiro atoms. The molecule has 0 aliphatic carbocycles. The van der Waals surface area contributed by atoms with Crippen molar-refractivity contribution in [2.45, 2.75) is 39.3 Å². The number of nitrogens with one attached hydrogen (secondary N) is 4. The highest BCUT2D eigenvalue weighted by Gasteiger charge is 2.15. The summed E-state index contributed by atoms with van der Waals surface area (Å²) in [5.41, 5.74) is 1.28. The van der Waals surface area contributed by atoms with Gasteiger partial charge in [0.15, 0.2) is 0 Å². The number of carbonyl (C=O) groups excluding carboxylic acids is 2. The zero-order valence-electron chi connectivity index (χ0n) is 14.8. The molecule has 2 aromatic rings. The van der Waals surface area contributed by atoms with Crippen molar-refractivity contribution in [1.29, 1.82) is 0 Å². The smallest absolute Gasteiger partial charge is 0.407 e. The maximum atomic E-state index is 11.8. The normalized spacial score (nSPS) is 11.2. The third-order valence-electron chi connectivity index (χ3n) is 3.30. The number of ether oxygens (including phenoxy) is 1. The van der Waals surface area contributed by atoms with E-state index in [9.17, 15) is 9.59 Å². The fraction of sp³-hybridized carbons (Fsp3) is 0.471. The summed E-state index contributed by atoms with van der Waals surface area (Å²) in [7, 11) is 0. The van der Waals surface area contributed by atoms with E-state index < -0.39 is 11.7 Å². The number of amides is 3. The Labute approximate surface area is 146 Å². The monoisotopic (exact) mass is 347 g/mol. The van der Waals surface area contributed by atoms with Crippen LogP contribution in [0.25, 0.3) is 11.0 Å². The lowest BCUT2D eigenvalue weighted by atomic mass is 10.2. The van der Waals surface area contributed by atoms with E-state index >= 15 is 0 Å². The summed E-state index contributed by atoms with van der Waals surface area (Å²) in [4.78, 5) is 30.5. The second-order valence-electron chi connectivity index (χ2n) is 6.60. The van der Waals surface area contributed by atoms with E-state index in [0.29, 0.717) is 26.1 Å². The molecule has 0 aromatic carbocycles. The summed E-state index contributed by atoms with van der Waals surface area (Å²) in [6, 6.07) is 3.55. The van der Waals surface area contributed by atoms with Crippen molar-refractivity contribution < 1.29 is 14.3 Å². The molecule has 0 saturated heterocycles. The van der Waals surface area contributed by atoms with Gasteiger partial charge >= 0.3 is 12.1 Å². The first kappa shape index (κ1) is 18.6. The summed E-state index contributed by atoms with van der Waals surface area (Å²) in [5.74, 6) is 0. The Morgan fingerprint density at radius 3 is 2.68 bits per heavy atom. The molecule has 25 heavy (non-hydrogen) atoms. The van der Waals surface area contributed by atoms with Crippen molar-refractivity contribution in [1.82, 2.24) is 25.9 Å². The van der Waals surface area contributed by atoms with E-state index in [0.717, 1.165) is 16.6 Å². The molecular formula is C17H25N5O3. The van der Waals surface area contributed by atoms with Crippen molar-refractivity contribution in [2.75, 3.05) is 13.1 Å². The van der Waals surface area contributed by atoms with Crippen molar-refractivity contribution in [3.05, 3.63) is 30.1 Å². The van der Waals surface area contributed by atoms with Gasteiger partial charge in [0, 0.05) is 37.4 Å². The molecule has 4 N–H and O–H groups in total. The van der Waals surface area contributed by atoms with E-state index in [1.807, 2.05) is 39.1 Å². The van der Waals surface area contributed by atoms with Gasteiger partial charge in [-0.2, -0.15) is 0 Å². The van der Waals surface area contributed by atoms with Gasteiger partial charge in [0.2, 0.25) is 0 Å². The van der Waals surface area contributed by atoms with Crippen molar-refractivity contribution >= 4 is 23.2 Å². The largest absolute Gasteiger partial charge is 0.444 e. The first-order valence-electron chi connectivity index (χ1n) is 8.25. The number of aromatic amines is 1. The molecule has 2 rings (SSSR count). The third kappa shape index (κ3) is 6.33. The number of H-pyrrole nitrogens is 1. The molecule has 2 heterocycles. The minimum absolute atomic E-state index is 0.252. The van der Waals surface area contributed by atoms with Crippen LogP contribution in [0.5, 0.6) is 0 Å². The van der Waals surface area contributed by atoms with Crippen LogP contribution in [0.15, 0.2) is 24.5 Å². The fourth-order valence-corrected chi connectivity index (χ4v) is 2.21. The summed E-state index contributed by atoms with van der Waals surface area (Å²) in [6.45, 7) is 6.73. The first-order chi connectivity index (χ1) is 11.8. The molecule has 3 amide bonds. The second kappa shape index (κ2) is 8.36. The number of fused-ring (bicyclic) bond motifs is 1. The standard InChI is InChI=1S/C17H25N5O3/c1-17(2,3)25-16(24)21-8-4-7-20-15(23)22-11-12-5-9-18-14-13(12)6-10-19-14/h5-6,9-10H,4,7-8,11H2,1-3H3,(H,18,19)(H,21,24)(H2,20,22,23). The average molecular weight is 347 g/mol. The molecule has 0 bridgehead atoms. The number of alkyl carbamates (subject to hydrolysis) is 1. The van der Waals surface area contributed by atoms with Gasteiger partial charge in [0.05, 0.1) is 0 Å². The summed E-state index contributed by atoms with van der Waals surface area (Å²) < 4.78 is 5.12. The molecule has 0 fully saturated rings. The van der Waals surface area contributed by atoms with Gasteiger partial charge in [-0.3, -0.25) is 0 Å². The average Bonchev–Trinajstić information content (AvgIpc) is 3.00. The SMILES string of the molecule is CC(C)(C)OC(=O)NCCCNC(=O)NCc1ccnc2[nH]ccc12. The van der Waals surface area contributed by atoms with Crippen LogP contribution in [0.1, 0.15) is 32.8 Å². The minimum Gasteiger partial charge on any atom is -0.444 e. The van der Waals surface area contributed by atoms with Gasteiger partial charge < -0.3 is 25.7 Å². The zero-order valence-corrected chi connectivity index (χ0v) is 14.8. The number of carbonyl (C=O) groups is 2. The molecule has 136 valence electrons. The van der Waals surface area contributed by atoms with E-state index in [2.05, 4.69) is 25.9 Å². The predicted octanol–water partition coefficient (Wildman–Crippen LogP) is 2.28. The Balaban J connectivity index is 1.62. The Morgan fingerprint density at radius 2 is 1.92 bits per heavy atom. The molecule has 0 radical (unpaired) electrons. The highest BCUT2D eigenvalue weighted by molar-refractivity contribution is 5.80. The summed E-state index contributed by atoms with van der Waals surface area (Å²) in [6.07, 6.45) is 3.68. The van der Waals surface area contributed by atoms with Gasteiger partial charge in [-0.15, -0.1) is 0 Å². The zero-order chi connectivity index (χ0) is 18.3. The van der Waals surface area contributed by atoms with E-state index in [1.165, 1.54) is 0 Å². The van der Waals surface area contributed by atoms with E-state index in [1.54, 1.807) is 6.20 Å². The van der Waals surface area contributed by atoms with Crippen LogP contribution in [0.2, 0.25) is 0 Å². The Kier molecular flexibility index (Phi) is 6.21. The maximum Gasteiger partial charge on any atom is 0.407 e. The molecule has 2 aromatic heterocycles. The van der Waals surface area contributed by atoms with Crippen LogP contribution in [0.3, 0.4) is 0 Å². The van der Waals surface area contributed by atoms with Gasteiger partial charge in [0.1, 0.15) is 11.2 Å². The fourth-order valence-electron chi connectivity index (χ4n) is 2.21. The van der Waals surface area contributed by atoms with Crippen molar-refractivity contribution in [2.24, 2.45) is 0 Å². The number of nitrogens with zero attached hydrogens (tertiary/aromatic N) is 1. The summed E-state index contributed by atoms with van der Waals surface area (Å²) in [5, 5.41) is 9.19. The Hall–Kier alpha value is -2.77. The second-order valence-corrected chi connectivity index (χ2v) is 6.60. The van der Waals surface area contributed by atoms with Gasteiger partial charge in [0.25, 0.3) is 0 Å². The number of hydrogen-bond donors (Lipinski definition) is 4. The lowest BCUT2D eigenvalue weighted by Crippen LogP contribution is -2.37. The first-order valence-corrected chi connectivity index (χ1v) is 8.25. The van der Waals surface area contributed by atoms with Crippen LogP contribution in [-0.4, -0.2) is 40.8 Å². The van der Waals surface area contributed by atoms with E-state index in [-0.39, 0.29) is 6.03 Å². The molecule has 8 nitrogen and oxygen atoms in total. The van der Waals surface area contributed by atoms with Gasteiger partial charge in [-0.1, -0.05) is 0 Å². The molecule has 0 atom stereocenters. The Morgan fingerprint density at radius 1 is 1.16 bits per heavy atom. The third-order valence-corrected chi connectivity index (χ3v) is 3.30. The Bertz CT molecular complexity index is 720. The van der Waals surface area contributed by atoms with Crippen molar-refractivity contribution in [3.8, 4) is 0 Å². The maximum absolute atomic E-state index is 11.8. The predicted molar refractivity (Wildman–Crippen MR) is 95.2 cm³/mol. The molecule has 0 aliphatic heterocycles. The van der Waals surface area contributed by atoms with Gasteiger partial charge in [-0.05, 0) is 44.9 Å². The van der Waals surface area contributed by atoms with Crippen LogP contribution < -0.4 is 16.0 Å². The summed E-state index contributed by atoms with van der Waals surface area (Å²) >= 11 is 0. The van der Waals surface area contributed by atoms with E-state index in [4.69, 9.17) is 4.74 Å². The van der Waals surface area contributed by atoms with Crippen LogP contribution in [0.4, 0.5) is 9.59 Å². The van der Waals surface area contributed by atoms with Crippen LogP contribution in [-0.2, 0) is 11.3 Å². The van der Waals surface area contributed by atoms with Crippen molar-refractivity contribution in [3.63, 3.8) is 0 Å². The highest BCUT2D eigenvalue weighted by atomic mass is 16.6. The number of hydrogen-bond acceptors (Lipinski definition) is 4. The number of aromatic nitrogens is 2. The molecule has 0 unspecified atom stereocenters. The number of pyridine rings is 1. The van der Waals surface area contributed by atoms with Gasteiger partial charge in [-0.25, -0.2) is 14.6 Å². The molecule has 0 saturated carbocycles. The molecule has 8 heteroatoms. The van der Waals surface area contributed by atoms with Crippen LogP contribution >= 0.6 is 0 Å².